The first-order valence-corrected chi connectivity index (χ1v) is 8.44. The van der Waals surface area contributed by atoms with Gasteiger partial charge in [-0.25, -0.2) is 0 Å². The van der Waals surface area contributed by atoms with Gasteiger partial charge in [0.1, 0.15) is 5.75 Å². The number of hydrogen-bond acceptors (Lipinski definition) is 4. The summed E-state index contributed by atoms with van der Waals surface area (Å²) in [7, 11) is 0. The third-order valence-corrected chi connectivity index (χ3v) is 4.68. The van der Waals surface area contributed by atoms with E-state index < -0.39 is 6.36 Å². The number of hydrogen-bond donors (Lipinski definition) is 0. The Morgan fingerprint density at radius 2 is 1.81 bits per heavy atom. The lowest BCUT2D eigenvalue weighted by Gasteiger charge is -2.17. The molecule has 0 N–H and O–H groups in total. The highest BCUT2D eigenvalue weighted by molar-refractivity contribution is 5.94. The highest BCUT2D eigenvalue weighted by Gasteiger charge is 2.32. The maximum Gasteiger partial charge on any atom is 0.573 e. The largest absolute Gasteiger partial charge is 0.573 e. The number of ether oxygens (including phenoxy) is 3. The molecule has 4 rings (SSSR count). The standard InChI is InChI=1S/C19H16F3NO4/c20-19(21,22)27-15-4-1-12(2-5-15)18(24)23-8-7-14(10-23)13-3-6-16-17(9-13)26-11-25-16/h1-6,9,14H,7-8,10-11H2/t14-/m0/s1. The summed E-state index contributed by atoms with van der Waals surface area (Å²) < 4.78 is 51.2. The van der Waals surface area contributed by atoms with Gasteiger partial charge >= 0.3 is 6.36 Å². The van der Waals surface area contributed by atoms with Gasteiger partial charge in [-0.3, -0.25) is 4.79 Å². The third-order valence-electron chi connectivity index (χ3n) is 4.68. The summed E-state index contributed by atoms with van der Waals surface area (Å²) in [4.78, 5) is 14.3. The second kappa shape index (κ2) is 6.68. The number of carbonyl (C=O) groups is 1. The van der Waals surface area contributed by atoms with Crippen molar-refractivity contribution in [2.45, 2.75) is 18.7 Å². The SMILES string of the molecule is O=C(c1ccc(OC(F)(F)F)cc1)N1CC[C@H](c2ccc3c(c2)OCO3)C1. The van der Waals surface area contributed by atoms with Crippen LogP contribution in [0, 0.1) is 0 Å². The zero-order valence-corrected chi connectivity index (χ0v) is 14.2. The van der Waals surface area contributed by atoms with Gasteiger partial charge in [-0.15, -0.1) is 13.2 Å². The molecule has 5 nitrogen and oxygen atoms in total. The van der Waals surface area contributed by atoms with Gasteiger partial charge in [0.15, 0.2) is 11.5 Å². The average molecular weight is 379 g/mol. The molecule has 2 aliphatic rings. The molecule has 0 bridgehead atoms. The predicted molar refractivity (Wildman–Crippen MR) is 89.0 cm³/mol. The minimum Gasteiger partial charge on any atom is -0.454 e. The summed E-state index contributed by atoms with van der Waals surface area (Å²) in [6.45, 7) is 1.33. The van der Waals surface area contributed by atoms with E-state index in [1.54, 1.807) is 4.90 Å². The van der Waals surface area contributed by atoms with Gasteiger partial charge in [-0.2, -0.15) is 0 Å². The molecular weight excluding hydrogens is 363 g/mol. The first-order chi connectivity index (χ1) is 12.9. The van der Waals surface area contributed by atoms with Gasteiger partial charge in [0, 0.05) is 24.6 Å². The maximum atomic E-state index is 12.6. The highest BCUT2D eigenvalue weighted by atomic mass is 19.4. The molecule has 1 saturated heterocycles. The van der Waals surface area contributed by atoms with E-state index in [1.807, 2.05) is 18.2 Å². The van der Waals surface area contributed by atoms with E-state index in [4.69, 9.17) is 9.47 Å². The van der Waals surface area contributed by atoms with Gasteiger partial charge in [-0.1, -0.05) is 6.07 Å². The van der Waals surface area contributed by atoms with Crippen LogP contribution >= 0.6 is 0 Å². The van der Waals surface area contributed by atoms with Gasteiger partial charge < -0.3 is 19.1 Å². The smallest absolute Gasteiger partial charge is 0.454 e. The van der Waals surface area contributed by atoms with Crippen molar-refractivity contribution >= 4 is 5.91 Å². The highest BCUT2D eigenvalue weighted by Crippen LogP contribution is 2.37. The Hall–Kier alpha value is -2.90. The lowest BCUT2D eigenvalue weighted by Crippen LogP contribution is -2.28. The molecule has 0 saturated carbocycles. The molecule has 27 heavy (non-hydrogen) atoms. The van der Waals surface area contributed by atoms with Crippen LogP contribution in [0.3, 0.4) is 0 Å². The van der Waals surface area contributed by atoms with Crippen molar-refractivity contribution in [2.75, 3.05) is 19.9 Å². The summed E-state index contributed by atoms with van der Waals surface area (Å²) in [6, 6.07) is 10.7. The molecule has 0 aliphatic carbocycles. The number of amides is 1. The van der Waals surface area contributed by atoms with E-state index in [-0.39, 0.29) is 24.4 Å². The van der Waals surface area contributed by atoms with E-state index in [0.717, 1.165) is 24.1 Å². The topological polar surface area (TPSA) is 48.0 Å². The third kappa shape index (κ3) is 3.79. The summed E-state index contributed by atoms with van der Waals surface area (Å²) >= 11 is 0. The summed E-state index contributed by atoms with van der Waals surface area (Å²) in [5, 5.41) is 0. The van der Waals surface area contributed by atoms with E-state index in [0.29, 0.717) is 30.2 Å². The first-order valence-electron chi connectivity index (χ1n) is 8.44. The van der Waals surface area contributed by atoms with E-state index in [2.05, 4.69) is 4.74 Å². The van der Waals surface area contributed by atoms with Crippen molar-refractivity contribution < 1.29 is 32.2 Å². The number of fused-ring (bicyclic) bond motifs is 1. The summed E-state index contributed by atoms with van der Waals surface area (Å²) in [6.07, 6.45) is -3.95. The Morgan fingerprint density at radius 3 is 2.56 bits per heavy atom. The van der Waals surface area contributed by atoms with E-state index >= 15 is 0 Å². The number of carbonyl (C=O) groups excluding carboxylic acids is 1. The van der Waals surface area contributed by atoms with E-state index in [9.17, 15) is 18.0 Å². The molecular formula is C19H16F3NO4. The van der Waals surface area contributed by atoms with Crippen molar-refractivity contribution in [3.8, 4) is 17.2 Å². The number of alkyl halides is 3. The van der Waals surface area contributed by atoms with E-state index in [1.165, 1.54) is 12.1 Å². The van der Waals surface area contributed by atoms with Crippen molar-refractivity contribution in [2.24, 2.45) is 0 Å². The lowest BCUT2D eigenvalue weighted by atomic mass is 9.98. The molecule has 2 aliphatic heterocycles. The zero-order chi connectivity index (χ0) is 19.0. The second-order valence-electron chi connectivity index (χ2n) is 6.42. The molecule has 2 heterocycles. The normalized spacial score (nSPS) is 18.6. The molecule has 0 radical (unpaired) electrons. The van der Waals surface area contributed by atoms with Crippen molar-refractivity contribution in [3.63, 3.8) is 0 Å². The van der Waals surface area contributed by atoms with Crippen LogP contribution in [-0.4, -0.2) is 37.1 Å². The van der Waals surface area contributed by atoms with Gasteiger partial charge in [0.2, 0.25) is 6.79 Å². The molecule has 2 aromatic carbocycles. The molecule has 2 aromatic rings. The Morgan fingerprint density at radius 1 is 1.07 bits per heavy atom. The van der Waals surface area contributed by atoms with Crippen molar-refractivity contribution in [1.29, 1.82) is 0 Å². The second-order valence-corrected chi connectivity index (χ2v) is 6.42. The van der Waals surface area contributed by atoms with Crippen LogP contribution in [-0.2, 0) is 0 Å². The first kappa shape index (κ1) is 17.5. The maximum absolute atomic E-state index is 12.6. The Labute approximate surface area is 153 Å². The van der Waals surface area contributed by atoms with Crippen LogP contribution in [0.5, 0.6) is 17.2 Å². The van der Waals surface area contributed by atoms with Gasteiger partial charge in [-0.05, 0) is 48.4 Å². The van der Waals surface area contributed by atoms with Crippen molar-refractivity contribution in [3.05, 3.63) is 53.6 Å². The van der Waals surface area contributed by atoms with Crippen molar-refractivity contribution in [1.82, 2.24) is 4.90 Å². The minimum atomic E-state index is -4.75. The Kier molecular flexibility index (Phi) is 4.33. The number of nitrogens with zero attached hydrogens (tertiary/aromatic N) is 1. The number of halogens is 3. The number of likely N-dealkylation sites (tertiary alicyclic amines) is 1. The Bertz CT molecular complexity index is 851. The fourth-order valence-electron chi connectivity index (χ4n) is 3.37. The van der Waals surface area contributed by atoms with Crippen LogP contribution in [0.25, 0.3) is 0 Å². The number of benzene rings is 2. The van der Waals surface area contributed by atoms with Crippen LogP contribution < -0.4 is 14.2 Å². The van der Waals surface area contributed by atoms with Crippen LogP contribution in [0.1, 0.15) is 28.3 Å². The lowest BCUT2D eigenvalue weighted by molar-refractivity contribution is -0.274. The molecule has 0 unspecified atom stereocenters. The molecule has 1 amide bonds. The minimum absolute atomic E-state index is 0.177. The molecule has 0 aromatic heterocycles. The quantitative estimate of drug-likeness (QED) is 0.811. The summed E-state index contributed by atoms with van der Waals surface area (Å²) in [5.74, 6) is 1.04. The van der Waals surface area contributed by atoms with Crippen LogP contribution in [0.15, 0.2) is 42.5 Å². The molecule has 8 heteroatoms. The van der Waals surface area contributed by atoms with Crippen LogP contribution in [0.4, 0.5) is 13.2 Å². The average Bonchev–Trinajstić information content (AvgIpc) is 3.29. The fraction of sp³-hybridized carbons (Fsp3) is 0.316. The molecule has 0 spiro atoms. The Balaban J connectivity index is 1.42. The zero-order valence-electron chi connectivity index (χ0n) is 14.2. The molecule has 142 valence electrons. The monoisotopic (exact) mass is 379 g/mol. The predicted octanol–water partition coefficient (Wildman–Crippen LogP) is 3.94. The summed E-state index contributed by atoms with van der Waals surface area (Å²) in [5.41, 5.74) is 1.40. The van der Waals surface area contributed by atoms with Gasteiger partial charge in [0.25, 0.3) is 5.91 Å². The molecule has 1 fully saturated rings. The van der Waals surface area contributed by atoms with Crippen LogP contribution in [0.2, 0.25) is 0 Å². The number of rotatable bonds is 3. The van der Waals surface area contributed by atoms with Gasteiger partial charge in [0.05, 0.1) is 0 Å². The fourth-order valence-corrected chi connectivity index (χ4v) is 3.37. The molecule has 1 atom stereocenters.